The maximum atomic E-state index is 13.6. The van der Waals surface area contributed by atoms with Crippen LogP contribution in [0.1, 0.15) is 39.7 Å². The lowest BCUT2D eigenvalue weighted by atomic mass is 10.1. The van der Waals surface area contributed by atoms with Gasteiger partial charge in [-0.3, -0.25) is 13.9 Å². The third-order valence-electron chi connectivity index (χ3n) is 5.12. The minimum atomic E-state index is -3.78. The number of hydrogen-bond acceptors (Lipinski definition) is 5. The van der Waals surface area contributed by atoms with E-state index in [9.17, 15) is 18.0 Å². The topological polar surface area (TPSA) is 96.0 Å². The van der Waals surface area contributed by atoms with Gasteiger partial charge in [0.05, 0.1) is 19.1 Å². The van der Waals surface area contributed by atoms with E-state index in [1.165, 1.54) is 12.0 Å². The highest BCUT2D eigenvalue weighted by Gasteiger charge is 2.33. The zero-order valence-corrected chi connectivity index (χ0v) is 21.6. The summed E-state index contributed by atoms with van der Waals surface area (Å²) >= 11 is 0. The number of amides is 2. The molecular formula is C25H35N3O5S. The van der Waals surface area contributed by atoms with Crippen molar-refractivity contribution in [2.24, 2.45) is 0 Å². The van der Waals surface area contributed by atoms with E-state index in [0.29, 0.717) is 17.9 Å². The van der Waals surface area contributed by atoms with Crippen molar-refractivity contribution in [3.8, 4) is 5.75 Å². The van der Waals surface area contributed by atoms with Crippen molar-refractivity contribution < 1.29 is 22.7 Å². The predicted molar refractivity (Wildman–Crippen MR) is 134 cm³/mol. The van der Waals surface area contributed by atoms with E-state index < -0.39 is 34.1 Å². The Hall–Kier alpha value is -3.07. The molecule has 0 aliphatic carbocycles. The van der Waals surface area contributed by atoms with Gasteiger partial charge in [0.1, 0.15) is 18.3 Å². The van der Waals surface area contributed by atoms with Crippen molar-refractivity contribution in [3.63, 3.8) is 0 Å². The monoisotopic (exact) mass is 489 g/mol. The van der Waals surface area contributed by atoms with E-state index in [0.717, 1.165) is 16.1 Å². The van der Waals surface area contributed by atoms with E-state index in [1.54, 1.807) is 24.3 Å². The van der Waals surface area contributed by atoms with Crippen LogP contribution in [-0.2, 0) is 26.2 Å². The molecule has 0 bridgehead atoms. The van der Waals surface area contributed by atoms with Gasteiger partial charge in [-0.25, -0.2) is 8.42 Å². The van der Waals surface area contributed by atoms with Crippen LogP contribution in [0.4, 0.5) is 5.69 Å². The molecule has 0 saturated heterocycles. The molecule has 0 heterocycles. The summed E-state index contributed by atoms with van der Waals surface area (Å²) in [6.45, 7) is 7.19. The van der Waals surface area contributed by atoms with Crippen molar-refractivity contribution in [3.05, 3.63) is 60.2 Å². The first-order chi connectivity index (χ1) is 15.9. The SMILES string of the molecule is CCC(C(=O)NC(C)(C)C)N(Cc1ccccc1)C(=O)CN(c1ccc(OC)cc1)S(C)(=O)=O. The number of rotatable bonds is 10. The van der Waals surface area contributed by atoms with Gasteiger partial charge in [-0.05, 0) is 57.0 Å². The van der Waals surface area contributed by atoms with Crippen molar-refractivity contribution in [2.75, 3.05) is 24.2 Å². The summed E-state index contributed by atoms with van der Waals surface area (Å²) in [5.74, 6) is -0.185. The number of methoxy groups -OCH3 is 1. The summed E-state index contributed by atoms with van der Waals surface area (Å²) in [5.41, 5.74) is 0.699. The zero-order chi connectivity index (χ0) is 25.5. The van der Waals surface area contributed by atoms with Crippen LogP contribution in [0.25, 0.3) is 0 Å². The Morgan fingerprint density at radius 3 is 2.09 bits per heavy atom. The van der Waals surface area contributed by atoms with Crippen LogP contribution in [0, 0.1) is 0 Å². The maximum Gasteiger partial charge on any atom is 0.244 e. The van der Waals surface area contributed by atoms with Crippen LogP contribution >= 0.6 is 0 Å². The molecule has 8 nitrogen and oxygen atoms in total. The summed E-state index contributed by atoms with van der Waals surface area (Å²) < 4.78 is 31.4. The molecule has 2 rings (SSSR count). The van der Waals surface area contributed by atoms with E-state index >= 15 is 0 Å². The molecule has 1 unspecified atom stereocenters. The maximum absolute atomic E-state index is 13.6. The second-order valence-corrected chi connectivity index (χ2v) is 11.0. The molecule has 186 valence electrons. The van der Waals surface area contributed by atoms with Crippen molar-refractivity contribution in [1.82, 2.24) is 10.2 Å². The number of benzene rings is 2. The molecule has 2 amide bonds. The Balaban J connectivity index is 2.42. The van der Waals surface area contributed by atoms with Crippen molar-refractivity contribution in [2.45, 2.75) is 52.2 Å². The molecule has 0 saturated carbocycles. The largest absolute Gasteiger partial charge is 0.497 e. The number of nitrogens with one attached hydrogen (secondary N) is 1. The number of ether oxygens (including phenoxy) is 1. The smallest absolute Gasteiger partial charge is 0.244 e. The predicted octanol–water partition coefficient (Wildman–Crippen LogP) is 3.18. The van der Waals surface area contributed by atoms with E-state index in [1.807, 2.05) is 58.0 Å². The van der Waals surface area contributed by atoms with Crippen LogP contribution in [-0.4, -0.2) is 56.6 Å². The number of carbonyl (C=O) groups excluding carboxylic acids is 2. The fraction of sp³-hybridized carbons (Fsp3) is 0.440. The van der Waals surface area contributed by atoms with Gasteiger partial charge in [0.2, 0.25) is 21.8 Å². The van der Waals surface area contributed by atoms with Gasteiger partial charge in [-0.2, -0.15) is 0 Å². The molecule has 0 radical (unpaired) electrons. The summed E-state index contributed by atoms with van der Waals surface area (Å²) in [4.78, 5) is 28.1. The molecule has 0 aliphatic rings. The lowest BCUT2D eigenvalue weighted by Gasteiger charge is -2.34. The van der Waals surface area contributed by atoms with Crippen LogP contribution in [0.3, 0.4) is 0 Å². The van der Waals surface area contributed by atoms with Gasteiger partial charge in [0.15, 0.2) is 0 Å². The lowest BCUT2D eigenvalue weighted by molar-refractivity contribution is -0.141. The first-order valence-corrected chi connectivity index (χ1v) is 13.0. The quantitative estimate of drug-likeness (QED) is 0.553. The molecule has 2 aromatic carbocycles. The summed E-state index contributed by atoms with van der Waals surface area (Å²) in [6, 6.07) is 15.0. The molecule has 0 aromatic heterocycles. The third kappa shape index (κ3) is 7.76. The Morgan fingerprint density at radius 2 is 1.62 bits per heavy atom. The third-order valence-corrected chi connectivity index (χ3v) is 6.26. The number of nitrogens with zero attached hydrogens (tertiary/aromatic N) is 2. The summed E-state index contributed by atoms with van der Waals surface area (Å²) in [6.07, 6.45) is 1.43. The minimum Gasteiger partial charge on any atom is -0.497 e. The highest BCUT2D eigenvalue weighted by Crippen LogP contribution is 2.22. The van der Waals surface area contributed by atoms with Crippen LogP contribution in [0.5, 0.6) is 5.75 Å². The first-order valence-electron chi connectivity index (χ1n) is 11.1. The zero-order valence-electron chi connectivity index (χ0n) is 20.7. The fourth-order valence-electron chi connectivity index (χ4n) is 3.51. The van der Waals surface area contributed by atoms with Gasteiger partial charge in [-0.1, -0.05) is 37.3 Å². The van der Waals surface area contributed by atoms with Gasteiger partial charge < -0.3 is 15.0 Å². The molecule has 9 heteroatoms. The Bertz CT molecular complexity index is 1060. The molecule has 0 spiro atoms. The summed E-state index contributed by atoms with van der Waals surface area (Å²) in [7, 11) is -2.26. The highest BCUT2D eigenvalue weighted by atomic mass is 32.2. The van der Waals surface area contributed by atoms with Crippen LogP contribution in [0.15, 0.2) is 54.6 Å². The number of sulfonamides is 1. The average molecular weight is 490 g/mol. The molecular weight excluding hydrogens is 454 g/mol. The average Bonchev–Trinajstić information content (AvgIpc) is 2.76. The molecule has 0 aliphatic heterocycles. The van der Waals surface area contributed by atoms with Crippen molar-refractivity contribution in [1.29, 1.82) is 0 Å². The Morgan fingerprint density at radius 1 is 1.03 bits per heavy atom. The second kappa shape index (κ2) is 11.4. The van der Waals surface area contributed by atoms with E-state index in [2.05, 4.69) is 5.32 Å². The van der Waals surface area contributed by atoms with Crippen LogP contribution in [0.2, 0.25) is 0 Å². The highest BCUT2D eigenvalue weighted by molar-refractivity contribution is 7.92. The molecule has 0 fully saturated rings. The van der Waals surface area contributed by atoms with E-state index in [-0.39, 0.29) is 12.5 Å². The van der Waals surface area contributed by atoms with Gasteiger partial charge in [-0.15, -0.1) is 0 Å². The number of anilines is 1. The minimum absolute atomic E-state index is 0.177. The summed E-state index contributed by atoms with van der Waals surface area (Å²) in [5, 5.41) is 2.94. The number of carbonyl (C=O) groups is 2. The molecule has 1 N–H and O–H groups in total. The van der Waals surface area contributed by atoms with Gasteiger partial charge in [0.25, 0.3) is 0 Å². The standard InChI is InChI=1S/C25H35N3O5S/c1-7-22(24(30)26-25(2,3)4)27(17-19-11-9-8-10-12-19)23(29)18-28(34(6,31)32)20-13-15-21(33-5)16-14-20/h8-16,22H,7,17-18H2,1-6H3,(H,26,30). The van der Waals surface area contributed by atoms with Gasteiger partial charge in [0, 0.05) is 12.1 Å². The Labute approximate surface area is 202 Å². The van der Waals surface area contributed by atoms with Crippen LogP contribution < -0.4 is 14.4 Å². The molecule has 2 aromatic rings. The van der Waals surface area contributed by atoms with Crippen molar-refractivity contribution >= 4 is 27.5 Å². The lowest BCUT2D eigenvalue weighted by Crippen LogP contribution is -2.55. The number of hydrogen-bond donors (Lipinski definition) is 1. The van der Waals surface area contributed by atoms with Gasteiger partial charge >= 0.3 is 0 Å². The van der Waals surface area contributed by atoms with E-state index in [4.69, 9.17) is 4.74 Å². The fourth-order valence-corrected chi connectivity index (χ4v) is 4.36. The molecule has 1 atom stereocenters. The second-order valence-electron chi connectivity index (χ2n) is 9.14. The first kappa shape index (κ1) is 27.2. The Kier molecular flexibility index (Phi) is 9.09. The molecule has 34 heavy (non-hydrogen) atoms. The normalized spacial score (nSPS) is 12.5.